The summed E-state index contributed by atoms with van der Waals surface area (Å²) in [7, 11) is 0. The van der Waals surface area contributed by atoms with Crippen molar-refractivity contribution in [1.82, 2.24) is 20.2 Å². The molecule has 0 spiro atoms. The maximum atomic E-state index is 4.58. The van der Waals surface area contributed by atoms with Crippen LogP contribution in [0.25, 0.3) is 12.2 Å². The van der Waals surface area contributed by atoms with Crippen LogP contribution < -0.4 is 0 Å². The molecule has 114 valence electrons. The molecule has 0 aliphatic rings. The van der Waals surface area contributed by atoms with Crippen molar-refractivity contribution in [2.75, 3.05) is 0 Å². The van der Waals surface area contributed by atoms with Crippen LogP contribution in [-0.4, -0.2) is 20.2 Å². The maximum Gasteiger partial charge on any atom is 0.151 e. The van der Waals surface area contributed by atoms with Gasteiger partial charge in [-0.05, 0) is 48.6 Å². The summed E-state index contributed by atoms with van der Waals surface area (Å²) < 4.78 is 0. The van der Waals surface area contributed by atoms with Gasteiger partial charge in [-0.1, -0.05) is 32.9 Å². The van der Waals surface area contributed by atoms with Crippen molar-refractivity contribution in [3.63, 3.8) is 0 Å². The Hall–Kier alpha value is -2.36. The standard InChI is InChI=1S/C18H22N4/c1-14(2)6-9-18-19-12-10-17(21-18)13-15(3)7-8-16-5-4-11-20-22-16/h4-12,14-15H,13H2,1-3H3/b8-7+,9-6+. The summed E-state index contributed by atoms with van der Waals surface area (Å²) in [4.78, 5) is 8.86. The largest absolute Gasteiger partial charge is 0.237 e. The molecule has 0 saturated heterocycles. The third-order valence-corrected chi connectivity index (χ3v) is 3.08. The van der Waals surface area contributed by atoms with E-state index in [-0.39, 0.29) is 0 Å². The molecule has 22 heavy (non-hydrogen) atoms. The molecule has 0 aliphatic carbocycles. The lowest BCUT2D eigenvalue weighted by Crippen LogP contribution is -2.01. The van der Waals surface area contributed by atoms with Gasteiger partial charge in [-0.2, -0.15) is 10.2 Å². The first-order valence-electron chi connectivity index (χ1n) is 7.59. The summed E-state index contributed by atoms with van der Waals surface area (Å²) in [6.45, 7) is 6.44. The minimum absolute atomic E-state index is 0.374. The molecule has 0 fully saturated rings. The summed E-state index contributed by atoms with van der Waals surface area (Å²) in [5.41, 5.74) is 1.92. The van der Waals surface area contributed by atoms with E-state index < -0.39 is 0 Å². The van der Waals surface area contributed by atoms with Crippen molar-refractivity contribution in [3.05, 3.63) is 60.0 Å². The van der Waals surface area contributed by atoms with E-state index in [4.69, 9.17) is 0 Å². The van der Waals surface area contributed by atoms with Crippen molar-refractivity contribution in [2.45, 2.75) is 27.2 Å². The first kappa shape index (κ1) is 16.0. The molecular formula is C18H22N4. The molecule has 0 amide bonds. The maximum absolute atomic E-state index is 4.58. The van der Waals surface area contributed by atoms with Crippen molar-refractivity contribution in [1.29, 1.82) is 0 Å². The SMILES string of the molecule is CC(C)/C=C/c1nccc(CC(C)/C=C/c2cccnn2)n1. The van der Waals surface area contributed by atoms with E-state index in [2.05, 4.69) is 53.1 Å². The second-order valence-electron chi connectivity index (χ2n) is 5.70. The number of nitrogens with zero attached hydrogens (tertiary/aromatic N) is 4. The van der Waals surface area contributed by atoms with Crippen LogP contribution in [0.2, 0.25) is 0 Å². The van der Waals surface area contributed by atoms with Gasteiger partial charge < -0.3 is 0 Å². The quantitative estimate of drug-likeness (QED) is 0.812. The van der Waals surface area contributed by atoms with Crippen LogP contribution in [0.5, 0.6) is 0 Å². The molecular weight excluding hydrogens is 272 g/mol. The summed E-state index contributed by atoms with van der Waals surface area (Å²) in [6.07, 6.45) is 12.6. The van der Waals surface area contributed by atoms with Crippen molar-refractivity contribution in [2.24, 2.45) is 11.8 Å². The number of rotatable bonds is 6. The minimum Gasteiger partial charge on any atom is -0.237 e. The summed E-state index contributed by atoms with van der Waals surface area (Å²) in [6, 6.07) is 5.80. The molecule has 0 N–H and O–H groups in total. The normalized spacial score (nSPS) is 13.3. The molecule has 4 heteroatoms. The highest BCUT2D eigenvalue weighted by molar-refractivity contribution is 5.43. The van der Waals surface area contributed by atoms with Gasteiger partial charge in [-0.15, -0.1) is 0 Å². The molecule has 1 unspecified atom stereocenters. The molecule has 0 aliphatic heterocycles. The van der Waals surface area contributed by atoms with Crippen LogP contribution in [0, 0.1) is 11.8 Å². The lowest BCUT2D eigenvalue weighted by atomic mass is 10.0. The van der Waals surface area contributed by atoms with Gasteiger partial charge in [0.1, 0.15) is 0 Å². The Bertz CT molecular complexity index is 633. The van der Waals surface area contributed by atoms with Gasteiger partial charge in [0.25, 0.3) is 0 Å². The Morgan fingerprint density at radius 2 is 1.91 bits per heavy atom. The molecule has 0 bridgehead atoms. The van der Waals surface area contributed by atoms with Gasteiger partial charge in [-0.25, -0.2) is 9.97 Å². The van der Waals surface area contributed by atoms with Crippen LogP contribution in [0.3, 0.4) is 0 Å². The molecule has 2 heterocycles. The zero-order valence-electron chi connectivity index (χ0n) is 13.3. The Kier molecular flexibility index (Phi) is 5.95. The van der Waals surface area contributed by atoms with E-state index in [0.717, 1.165) is 23.6 Å². The van der Waals surface area contributed by atoms with Gasteiger partial charge in [0.05, 0.1) is 5.69 Å². The molecule has 0 saturated carbocycles. The number of hydrogen-bond acceptors (Lipinski definition) is 4. The monoisotopic (exact) mass is 294 g/mol. The van der Waals surface area contributed by atoms with Gasteiger partial charge >= 0.3 is 0 Å². The second kappa shape index (κ2) is 8.17. The van der Waals surface area contributed by atoms with Crippen LogP contribution in [0.4, 0.5) is 0 Å². The van der Waals surface area contributed by atoms with Crippen molar-refractivity contribution >= 4 is 12.2 Å². The molecule has 0 aromatic carbocycles. The molecule has 2 rings (SSSR count). The lowest BCUT2D eigenvalue weighted by Gasteiger charge is -2.06. The Morgan fingerprint density at radius 3 is 2.64 bits per heavy atom. The highest BCUT2D eigenvalue weighted by atomic mass is 15.1. The molecule has 2 aromatic heterocycles. The fourth-order valence-electron chi connectivity index (χ4n) is 1.95. The second-order valence-corrected chi connectivity index (χ2v) is 5.70. The third kappa shape index (κ3) is 5.56. The van der Waals surface area contributed by atoms with E-state index >= 15 is 0 Å². The number of allylic oxidation sites excluding steroid dienone is 2. The average molecular weight is 294 g/mol. The fourth-order valence-corrected chi connectivity index (χ4v) is 1.95. The van der Waals surface area contributed by atoms with Gasteiger partial charge in [0, 0.05) is 18.1 Å². The van der Waals surface area contributed by atoms with Crippen LogP contribution in [0.15, 0.2) is 42.7 Å². The van der Waals surface area contributed by atoms with E-state index in [1.807, 2.05) is 36.5 Å². The van der Waals surface area contributed by atoms with Crippen molar-refractivity contribution in [3.8, 4) is 0 Å². The number of hydrogen-bond donors (Lipinski definition) is 0. The summed E-state index contributed by atoms with van der Waals surface area (Å²) >= 11 is 0. The van der Waals surface area contributed by atoms with E-state index in [0.29, 0.717) is 11.8 Å². The fraction of sp³-hybridized carbons (Fsp3) is 0.333. The molecule has 2 aromatic rings. The first-order chi connectivity index (χ1) is 10.6. The third-order valence-electron chi connectivity index (χ3n) is 3.08. The van der Waals surface area contributed by atoms with Crippen molar-refractivity contribution < 1.29 is 0 Å². The smallest absolute Gasteiger partial charge is 0.151 e. The van der Waals surface area contributed by atoms with Gasteiger partial charge in [0.2, 0.25) is 0 Å². The topological polar surface area (TPSA) is 51.6 Å². The lowest BCUT2D eigenvalue weighted by molar-refractivity contribution is 0.706. The van der Waals surface area contributed by atoms with E-state index in [9.17, 15) is 0 Å². The highest BCUT2D eigenvalue weighted by Crippen LogP contribution is 2.10. The summed E-state index contributed by atoms with van der Waals surface area (Å²) in [5.74, 6) is 1.65. The molecule has 1 atom stereocenters. The summed E-state index contributed by atoms with van der Waals surface area (Å²) in [5, 5.41) is 7.90. The zero-order valence-corrected chi connectivity index (χ0v) is 13.3. The Labute approximate surface area is 132 Å². The predicted octanol–water partition coefficient (Wildman–Crippen LogP) is 3.83. The van der Waals surface area contributed by atoms with Gasteiger partial charge in [-0.3, -0.25) is 0 Å². The molecule has 4 nitrogen and oxygen atoms in total. The van der Waals surface area contributed by atoms with Crippen LogP contribution in [0.1, 0.15) is 38.0 Å². The Balaban J connectivity index is 1.98. The van der Waals surface area contributed by atoms with E-state index in [1.165, 1.54) is 0 Å². The first-order valence-corrected chi connectivity index (χ1v) is 7.59. The minimum atomic E-state index is 0.374. The Morgan fingerprint density at radius 1 is 1.05 bits per heavy atom. The molecule has 0 radical (unpaired) electrons. The van der Waals surface area contributed by atoms with E-state index in [1.54, 1.807) is 6.20 Å². The number of aromatic nitrogens is 4. The van der Waals surface area contributed by atoms with Crippen LogP contribution in [-0.2, 0) is 6.42 Å². The highest BCUT2D eigenvalue weighted by Gasteiger charge is 2.03. The average Bonchev–Trinajstić information content (AvgIpc) is 2.52. The van der Waals surface area contributed by atoms with Gasteiger partial charge in [0.15, 0.2) is 5.82 Å². The zero-order chi connectivity index (χ0) is 15.8. The van der Waals surface area contributed by atoms with Crippen LogP contribution >= 0.6 is 0 Å². The predicted molar refractivity (Wildman–Crippen MR) is 89.8 cm³/mol.